The van der Waals surface area contributed by atoms with Gasteiger partial charge in [-0.3, -0.25) is 14.6 Å². The second-order valence-electron chi connectivity index (χ2n) is 8.89. The van der Waals surface area contributed by atoms with Gasteiger partial charge in [-0.1, -0.05) is 43.2 Å². The molecule has 2 saturated heterocycles. The molecular weight excluding hydrogens is 384 g/mol. The Kier molecular flexibility index (Phi) is 7.97. The number of carbonyl (C=O) groups is 1. The normalized spacial score (nSPS) is 18.9. The van der Waals surface area contributed by atoms with E-state index in [0.29, 0.717) is 6.54 Å². The van der Waals surface area contributed by atoms with Crippen molar-refractivity contribution in [1.82, 2.24) is 9.80 Å². The van der Waals surface area contributed by atoms with Crippen LogP contribution < -0.4 is 10.2 Å². The highest BCUT2D eigenvalue weighted by Crippen LogP contribution is 2.21. The number of nitrogens with one attached hydrogen (secondary N) is 1. The molecule has 1 N–H and O–H groups in total. The third-order valence-electron chi connectivity index (χ3n) is 6.42. The summed E-state index contributed by atoms with van der Waals surface area (Å²) in [4.78, 5) is 19.9. The summed E-state index contributed by atoms with van der Waals surface area (Å²) in [7, 11) is 0. The van der Waals surface area contributed by atoms with Crippen molar-refractivity contribution < 1.29 is 4.79 Å². The highest BCUT2D eigenvalue weighted by molar-refractivity contribution is 5.92. The predicted molar refractivity (Wildman–Crippen MR) is 129 cm³/mol. The van der Waals surface area contributed by atoms with E-state index in [1.54, 1.807) is 0 Å². The summed E-state index contributed by atoms with van der Waals surface area (Å²) in [6.45, 7) is 7.75. The van der Waals surface area contributed by atoms with Crippen LogP contribution in [0.1, 0.15) is 37.7 Å². The van der Waals surface area contributed by atoms with E-state index in [-0.39, 0.29) is 5.91 Å². The highest BCUT2D eigenvalue weighted by Gasteiger charge is 2.17. The lowest BCUT2D eigenvalue weighted by Gasteiger charge is -2.23. The van der Waals surface area contributed by atoms with Crippen LogP contribution >= 0.6 is 0 Å². The molecule has 0 aliphatic carbocycles. The quantitative estimate of drug-likeness (QED) is 0.760. The Bertz CT molecular complexity index is 800. The molecular formula is C26H36N4O. The Morgan fingerprint density at radius 1 is 0.710 bits per heavy atom. The van der Waals surface area contributed by atoms with Crippen molar-refractivity contribution in [1.29, 1.82) is 0 Å². The maximum atomic E-state index is 12.6. The van der Waals surface area contributed by atoms with Crippen LogP contribution in [0, 0.1) is 0 Å². The molecule has 2 fully saturated rings. The molecule has 0 bridgehead atoms. The molecule has 0 radical (unpaired) electrons. The van der Waals surface area contributed by atoms with Crippen LogP contribution in [0.2, 0.25) is 0 Å². The molecule has 0 spiro atoms. The number of nitrogens with zero attached hydrogens (tertiary/aromatic N) is 3. The highest BCUT2D eigenvalue weighted by atomic mass is 16.2. The minimum atomic E-state index is 0.0824. The molecule has 2 aliphatic rings. The summed E-state index contributed by atoms with van der Waals surface area (Å²) in [5.74, 6) is 0.0824. The van der Waals surface area contributed by atoms with E-state index in [1.165, 1.54) is 36.9 Å². The van der Waals surface area contributed by atoms with E-state index in [2.05, 4.69) is 62.5 Å². The summed E-state index contributed by atoms with van der Waals surface area (Å²) in [6.07, 6.45) is 6.33. The Hall–Kier alpha value is -2.37. The summed E-state index contributed by atoms with van der Waals surface area (Å²) < 4.78 is 0. The van der Waals surface area contributed by atoms with Gasteiger partial charge in [0.15, 0.2) is 0 Å². The fraction of sp³-hybridized carbons (Fsp3) is 0.500. The number of amides is 1. The van der Waals surface area contributed by atoms with Crippen molar-refractivity contribution in [3.63, 3.8) is 0 Å². The van der Waals surface area contributed by atoms with E-state index >= 15 is 0 Å². The summed E-state index contributed by atoms with van der Waals surface area (Å²) in [5.41, 5.74) is 3.52. The van der Waals surface area contributed by atoms with Crippen LogP contribution in [0.3, 0.4) is 0 Å². The van der Waals surface area contributed by atoms with Gasteiger partial charge in [0, 0.05) is 44.1 Å². The first-order valence-corrected chi connectivity index (χ1v) is 11.9. The fourth-order valence-corrected chi connectivity index (χ4v) is 4.67. The molecule has 31 heavy (non-hydrogen) atoms. The average molecular weight is 421 g/mol. The number of hydrogen-bond donors (Lipinski definition) is 1. The van der Waals surface area contributed by atoms with Gasteiger partial charge < -0.3 is 10.2 Å². The van der Waals surface area contributed by atoms with E-state index < -0.39 is 0 Å². The summed E-state index contributed by atoms with van der Waals surface area (Å²) in [6, 6.07) is 19.0. The first-order chi connectivity index (χ1) is 15.3. The van der Waals surface area contributed by atoms with Crippen molar-refractivity contribution in [3.8, 4) is 0 Å². The van der Waals surface area contributed by atoms with Gasteiger partial charge in [0.05, 0.1) is 6.54 Å². The summed E-state index contributed by atoms with van der Waals surface area (Å²) in [5, 5.41) is 3.09. The number of carbonyl (C=O) groups excluding carboxylic acids is 1. The maximum absolute atomic E-state index is 12.6. The molecule has 5 nitrogen and oxygen atoms in total. The third-order valence-corrected chi connectivity index (χ3v) is 6.42. The first kappa shape index (κ1) is 21.8. The maximum Gasteiger partial charge on any atom is 0.238 e. The molecule has 0 unspecified atom stereocenters. The van der Waals surface area contributed by atoms with Crippen molar-refractivity contribution in [2.45, 2.75) is 38.6 Å². The van der Waals surface area contributed by atoms with Crippen molar-refractivity contribution in [2.24, 2.45) is 0 Å². The lowest BCUT2D eigenvalue weighted by molar-refractivity contribution is -0.117. The molecule has 0 atom stereocenters. The second kappa shape index (κ2) is 11.3. The van der Waals surface area contributed by atoms with E-state index in [0.717, 1.165) is 57.9 Å². The lowest BCUT2D eigenvalue weighted by Crippen LogP contribution is -2.36. The number of rotatable bonds is 6. The third kappa shape index (κ3) is 6.81. The minimum Gasteiger partial charge on any atom is -0.372 e. The van der Waals surface area contributed by atoms with Gasteiger partial charge in [-0.05, 0) is 62.2 Å². The van der Waals surface area contributed by atoms with E-state index in [9.17, 15) is 4.79 Å². The molecule has 5 heteroatoms. The van der Waals surface area contributed by atoms with Gasteiger partial charge in [-0.25, -0.2) is 0 Å². The number of anilines is 2. The zero-order valence-electron chi connectivity index (χ0n) is 18.6. The Balaban J connectivity index is 1.23. The molecule has 166 valence electrons. The molecule has 0 aromatic heterocycles. The molecule has 2 heterocycles. The van der Waals surface area contributed by atoms with Crippen LogP contribution in [-0.2, 0) is 11.3 Å². The molecule has 2 aromatic carbocycles. The zero-order chi connectivity index (χ0) is 21.3. The molecule has 2 aliphatic heterocycles. The van der Waals surface area contributed by atoms with Crippen LogP contribution in [0.4, 0.5) is 11.4 Å². The Morgan fingerprint density at radius 2 is 1.39 bits per heavy atom. The SMILES string of the molecule is O=C(CN1CCCN(Cc2ccccc2)CC1)Nc1ccc(N2CCCCCC2)cc1. The molecule has 4 rings (SSSR count). The smallest absolute Gasteiger partial charge is 0.238 e. The fourth-order valence-electron chi connectivity index (χ4n) is 4.67. The number of hydrogen-bond acceptors (Lipinski definition) is 4. The van der Waals surface area contributed by atoms with Crippen LogP contribution in [0.15, 0.2) is 54.6 Å². The van der Waals surface area contributed by atoms with Gasteiger partial charge in [0.1, 0.15) is 0 Å². The second-order valence-corrected chi connectivity index (χ2v) is 8.89. The molecule has 2 aromatic rings. The van der Waals surface area contributed by atoms with E-state index in [4.69, 9.17) is 0 Å². The first-order valence-electron chi connectivity index (χ1n) is 11.9. The van der Waals surface area contributed by atoms with Crippen molar-refractivity contribution in [3.05, 3.63) is 60.2 Å². The number of benzene rings is 2. The van der Waals surface area contributed by atoms with Gasteiger partial charge in [0.25, 0.3) is 0 Å². The predicted octanol–water partition coefficient (Wildman–Crippen LogP) is 4.21. The van der Waals surface area contributed by atoms with Crippen molar-refractivity contribution >= 4 is 17.3 Å². The van der Waals surface area contributed by atoms with Gasteiger partial charge in [-0.2, -0.15) is 0 Å². The Morgan fingerprint density at radius 3 is 2.13 bits per heavy atom. The minimum absolute atomic E-state index is 0.0824. The van der Waals surface area contributed by atoms with Crippen molar-refractivity contribution in [2.75, 3.05) is 56.0 Å². The summed E-state index contributed by atoms with van der Waals surface area (Å²) >= 11 is 0. The zero-order valence-corrected chi connectivity index (χ0v) is 18.6. The van der Waals surface area contributed by atoms with Crippen LogP contribution in [0.25, 0.3) is 0 Å². The van der Waals surface area contributed by atoms with Gasteiger partial charge >= 0.3 is 0 Å². The largest absolute Gasteiger partial charge is 0.372 e. The Labute approximate surface area is 187 Å². The van der Waals surface area contributed by atoms with Crippen LogP contribution in [0.5, 0.6) is 0 Å². The lowest BCUT2D eigenvalue weighted by atomic mass is 10.2. The van der Waals surface area contributed by atoms with Gasteiger partial charge in [-0.15, -0.1) is 0 Å². The molecule has 0 saturated carbocycles. The topological polar surface area (TPSA) is 38.8 Å². The monoisotopic (exact) mass is 420 g/mol. The van der Waals surface area contributed by atoms with E-state index in [1.807, 2.05) is 12.1 Å². The van der Waals surface area contributed by atoms with Gasteiger partial charge in [0.2, 0.25) is 5.91 Å². The van der Waals surface area contributed by atoms with Crippen LogP contribution in [-0.4, -0.2) is 61.5 Å². The molecule has 1 amide bonds. The standard InChI is InChI=1S/C26H36N4O/c31-26(27-24-11-13-25(14-12-24)30-17-6-1-2-7-18-30)22-29-16-8-15-28(19-20-29)21-23-9-4-3-5-10-23/h3-5,9-14H,1-2,6-8,15-22H2,(H,27,31). The average Bonchev–Trinajstić information content (AvgIpc) is 3.19.